The molecule has 3 heteroatoms. The molecule has 0 aromatic carbocycles. The highest BCUT2D eigenvalue weighted by molar-refractivity contribution is 5.73. The quantitative estimate of drug-likeness (QED) is 0.695. The van der Waals surface area contributed by atoms with Gasteiger partial charge in [-0.1, -0.05) is 33.6 Å². The van der Waals surface area contributed by atoms with E-state index in [1.807, 2.05) is 0 Å². The molecule has 0 aliphatic rings. The van der Waals surface area contributed by atoms with Crippen LogP contribution < -0.4 is 0 Å². The number of nitrogens with zero attached hydrogens (tertiary/aromatic N) is 1. The summed E-state index contributed by atoms with van der Waals surface area (Å²) in [6, 6.07) is -0.0253. The highest BCUT2D eigenvalue weighted by Crippen LogP contribution is 2.15. The number of carboxylic acids is 1. The molecule has 0 rings (SSSR count). The molecule has 0 spiro atoms. The molecule has 0 aliphatic heterocycles. The molecule has 0 radical (unpaired) electrons. The summed E-state index contributed by atoms with van der Waals surface area (Å²) in [5.41, 5.74) is 0. The van der Waals surface area contributed by atoms with E-state index >= 15 is 0 Å². The fourth-order valence-corrected chi connectivity index (χ4v) is 1.95. The Hall–Kier alpha value is -0.570. The number of carboxylic acid groups (broad SMARTS) is 1. The first-order chi connectivity index (χ1) is 7.40. The molecule has 1 N–H and O–H groups in total. The van der Waals surface area contributed by atoms with Crippen molar-refractivity contribution >= 4 is 5.97 Å². The molecule has 96 valence electrons. The van der Waals surface area contributed by atoms with Crippen molar-refractivity contribution in [2.75, 3.05) is 6.54 Å². The Labute approximate surface area is 99.8 Å². The first kappa shape index (κ1) is 15.4. The molecule has 0 saturated heterocycles. The molecule has 0 fully saturated rings. The van der Waals surface area contributed by atoms with Crippen LogP contribution in [0.15, 0.2) is 0 Å². The van der Waals surface area contributed by atoms with Gasteiger partial charge in [0.15, 0.2) is 0 Å². The SMILES string of the molecule is CCCCC(C(=O)O)N(CC(C)C)C(C)C. The van der Waals surface area contributed by atoms with Crippen LogP contribution in [-0.2, 0) is 4.79 Å². The molecule has 1 atom stereocenters. The van der Waals surface area contributed by atoms with Gasteiger partial charge in [-0.05, 0) is 26.2 Å². The van der Waals surface area contributed by atoms with Gasteiger partial charge in [-0.15, -0.1) is 0 Å². The fourth-order valence-electron chi connectivity index (χ4n) is 1.95. The Morgan fingerprint density at radius 1 is 1.25 bits per heavy atom. The lowest BCUT2D eigenvalue weighted by atomic mass is 10.0. The van der Waals surface area contributed by atoms with Crippen LogP contribution in [0.2, 0.25) is 0 Å². The molecule has 0 aromatic heterocycles. The average Bonchev–Trinajstić information content (AvgIpc) is 2.15. The summed E-state index contributed by atoms with van der Waals surface area (Å²) in [5, 5.41) is 9.29. The van der Waals surface area contributed by atoms with E-state index in [9.17, 15) is 9.90 Å². The van der Waals surface area contributed by atoms with Crippen molar-refractivity contribution in [2.45, 2.75) is 66.0 Å². The van der Waals surface area contributed by atoms with Crippen LogP contribution in [0.25, 0.3) is 0 Å². The minimum atomic E-state index is -0.678. The first-order valence-electron chi connectivity index (χ1n) is 6.38. The third-order valence-electron chi connectivity index (χ3n) is 2.76. The average molecular weight is 229 g/mol. The van der Waals surface area contributed by atoms with Crippen molar-refractivity contribution in [3.05, 3.63) is 0 Å². The summed E-state index contributed by atoms with van der Waals surface area (Å²) < 4.78 is 0. The largest absolute Gasteiger partial charge is 0.480 e. The van der Waals surface area contributed by atoms with Gasteiger partial charge >= 0.3 is 5.97 Å². The second-order valence-electron chi connectivity index (χ2n) is 5.18. The van der Waals surface area contributed by atoms with Crippen molar-refractivity contribution in [3.8, 4) is 0 Å². The molecule has 16 heavy (non-hydrogen) atoms. The Morgan fingerprint density at radius 2 is 1.81 bits per heavy atom. The maximum absolute atomic E-state index is 11.3. The minimum Gasteiger partial charge on any atom is -0.480 e. The van der Waals surface area contributed by atoms with Crippen LogP contribution in [0.1, 0.15) is 53.9 Å². The van der Waals surface area contributed by atoms with Gasteiger partial charge in [0.1, 0.15) is 6.04 Å². The number of hydrogen-bond donors (Lipinski definition) is 1. The van der Waals surface area contributed by atoms with Gasteiger partial charge in [0.05, 0.1) is 0 Å². The molecule has 0 saturated carbocycles. The van der Waals surface area contributed by atoms with Crippen LogP contribution in [0.4, 0.5) is 0 Å². The van der Waals surface area contributed by atoms with E-state index in [1.54, 1.807) is 0 Å². The summed E-state index contributed by atoms with van der Waals surface area (Å²) >= 11 is 0. The number of carbonyl (C=O) groups is 1. The number of unbranched alkanes of at least 4 members (excludes halogenated alkanes) is 1. The molecule has 3 nitrogen and oxygen atoms in total. The smallest absolute Gasteiger partial charge is 0.320 e. The third-order valence-corrected chi connectivity index (χ3v) is 2.76. The summed E-state index contributed by atoms with van der Waals surface area (Å²) in [6.45, 7) is 11.4. The molecular formula is C13H27NO2. The molecule has 0 heterocycles. The van der Waals surface area contributed by atoms with Crippen molar-refractivity contribution in [3.63, 3.8) is 0 Å². The highest BCUT2D eigenvalue weighted by Gasteiger charge is 2.27. The van der Waals surface area contributed by atoms with Gasteiger partial charge in [-0.2, -0.15) is 0 Å². The monoisotopic (exact) mass is 229 g/mol. The van der Waals surface area contributed by atoms with E-state index in [2.05, 4.69) is 39.5 Å². The van der Waals surface area contributed by atoms with E-state index < -0.39 is 5.97 Å². The van der Waals surface area contributed by atoms with Gasteiger partial charge in [0, 0.05) is 12.6 Å². The van der Waals surface area contributed by atoms with Crippen molar-refractivity contribution in [1.82, 2.24) is 4.90 Å². The Morgan fingerprint density at radius 3 is 2.12 bits per heavy atom. The zero-order valence-corrected chi connectivity index (χ0v) is 11.4. The molecular weight excluding hydrogens is 202 g/mol. The molecule has 0 bridgehead atoms. The molecule has 0 aliphatic carbocycles. The summed E-state index contributed by atoms with van der Waals surface area (Å²) in [7, 11) is 0. The van der Waals surface area contributed by atoms with Gasteiger partial charge in [0.2, 0.25) is 0 Å². The van der Waals surface area contributed by atoms with Crippen molar-refractivity contribution in [1.29, 1.82) is 0 Å². The zero-order chi connectivity index (χ0) is 12.7. The van der Waals surface area contributed by atoms with E-state index in [1.165, 1.54) is 0 Å². The van der Waals surface area contributed by atoms with Crippen LogP contribution >= 0.6 is 0 Å². The predicted molar refractivity (Wildman–Crippen MR) is 67.6 cm³/mol. The minimum absolute atomic E-state index is 0.292. The van der Waals surface area contributed by atoms with Gasteiger partial charge in [0.25, 0.3) is 0 Å². The second kappa shape index (κ2) is 7.66. The third kappa shape index (κ3) is 5.50. The lowest BCUT2D eigenvalue weighted by Crippen LogP contribution is -2.46. The first-order valence-corrected chi connectivity index (χ1v) is 6.38. The maximum Gasteiger partial charge on any atom is 0.320 e. The van der Waals surface area contributed by atoms with Crippen molar-refractivity contribution < 1.29 is 9.90 Å². The van der Waals surface area contributed by atoms with Gasteiger partial charge < -0.3 is 5.11 Å². The van der Waals surface area contributed by atoms with Crippen LogP contribution in [-0.4, -0.2) is 34.6 Å². The number of rotatable bonds is 8. The second-order valence-corrected chi connectivity index (χ2v) is 5.18. The normalized spacial score (nSPS) is 13.8. The van der Waals surface area contributed by atoms with Crippen molar-refractivity contribution in [2.24, 2.45) is 5.92 Å². The summed E-state index contributed by atoms with van der Waals surface area (Å²) in [6.07, 6.45) is 2.80. The zero-order valence-electron chi connectivity index (χ0n) is 11.4. The van der Waals surface area contributed by atoms with E-state index in [0.29, 0.717) is 12.0 Å². The van der Waals surface area contributed by atoms with Crippen LogP contribution in [0.5, 0.6) is 0 Å². The topological polar surface area (TPSA) is 40.5 Å². The van der Waals surface area contributed by atoms with Gasteiger partial charge in [-0.25, -0.2) is 0 Å². The van der Waals surface area contributed by atoms with Crippen LogP contribution in [0, 0.1) is 5.92 Å². The maximum atomic E-state index is 11.3. The lowest BCUT2D eigenvalue weighted by molar-refractivity contribution is -0.144. The summed E-state index contributed by atoms with van der Waals surface area (Å²) in [5.74, 6) is -0.173. The standard InChI is InChI=1S/C13H27NO2/c1-6-7-8-12(13(15)16)14(11(4)5)9-10(2)3/h10-12H,6-9H2,1-5H3,(H,15,16). The Bertz CT molecular complexity index is 202. The van der Waals surface area contributed by atoms with E-state index in [-0.39, 0.29) is 6.04 Å². The fraction of sp³-hybridized carbons (Fsp3) is 0.923. The van der Waals surface area contributed by atoms with Gasteiger partial charge in [-0.3, -0.25) is 9.69 Å². The number of hydrogen-bond acceptors (Lipinski definition) is 2. The summed E-state index contributed by atoms with van der Waals surface area (Å²) in [4.78, 5) is 13.4. The Balaban J connectivity index is 4.59. The van der Waals surface area contributed by atoms with Crippen LogP contribution in [0.3, 0.4) is 0 Å². The number of aliphatic carboxylic acids is 1. The predicted octanol–water partition coefficient (Wildman–Crippen LogP) is 3.00. The Kier molecular flexibility index (Phi) is 7.39. The highest BCUT2D eigenvalue weighted by atomic mass is 16.4. The van der Waals surface area contributed by atoms with E-state index in [4.69, 9.17) is 0 Å². The molecule has 0 amide bonds. The molecule has 1 unspecified atom stereocenters. The van der Waals surface area contributed by atoms with E-state index in [0.717, 1.165) is 25.8 Å². The molecule has 0 aromatic rings. The lowest BCUT2D eigenvalue weighted by Gasteiger charge is -2.33.